The van der Waals surface area contributed by atoms with Crippen LogP contribution in [0.4, 0.5) is 5.69 Å². The molecule has 0 aliphatic heterocycles. The van der Waals surface area contributed by atoms with Gasteiger partial charge < -0.3 is 20.1 Å². The third-order valence-corrected chi connectivity index (χ3v) is 2.02. The number of methoxy groups -OCH3 is 1. The van der Waals surface area contributed by atoms with Crippen LogP contribution < -0.4 is 15.2 Å². The van der Waals surface area contributed by atoms with Crippen molar-refractivity contribution in [3.05, 3.63) is 18.2 Å². The summed E-state index contributed by atoms with van der Waals surface area (Å²) in [6, 6.07) is 5.39. The van der Waals surface area contributed by atoms with E-state index in [4.69, 9.17) is 15.2 Å². The number of rotatable bonds is 5. The monoisotopic (exact) mass is 210 g/mol. The molecule has 15 heavy (non-hydrogen) atoms. The largest absolute Gasteiger partial charge is 0.497 e. The first-order valence-electron chi connectivity index (χ1n) is 4.84. The van der Waals surface area contributed by atoms with E-state index < -0.39 is 0 Å². The highest BCUT2D eigenvalue weighted by atomic mass is 16.5. The van der Waals surface area contributed by atoms with Crippen molar-refractivity contribution < 1.29 is 9.47 Å². The van der Waals surface area contributed by atoms with Gasteiger partial charge in [-0.1, -0.05) is 0 Å². The smallest absolute Gasteiger partial charge is 0.145 e. The minimum atomic E-state index is 0.615. The number of hydrogen-bond acceptors (Lipinski definition) is 4. The number of benzene rings is 1. The summed E-state index contributed by atoms with van der Waals surface area (Å²) in [6.07, 6.45) is 0. The van der Waals surface area contributed by atoms with Crippen molar-refractivity contribution in [2.75, 3.05) is 40.1 Å². The number of nitrogens with zero attached hydrogens (tertiary/aromatic N) is 1. The summed E-state index contributed by atoms with van der Waals surface area (Å²) in [6.45, 7) is 1.47. The van der Waals surface area contributed by atoms with Crippen molar-refractivity contribution in [2.24, 2.45) is 0 Å². The predicted molar refractivity (Wildman–Crippen MR) is 61.5 cm³/mol. The van der Waals surface area contributed by atoms with E-state index in [1.807, 2.05) is 20.2 Å². The molecular weight excluding hydrogens is 192 g/mol. The summed E-state index contributed by atoms with van der Waals surface area (Å²) in [7, 11) is 5.62. The molecule has 0 bridgehead atoms. The highest BCUT2D eigenvalue weighted by Gasteiger charge is 2.02. The Kier molecular flexibility index (Phi) is 4.24. The van der Waals surface area contributed by atoms with Gasteiger partial charge in [-0.2, -0.15) is 0 Å². The molecule has 1 aromatic carbocycles. The van der Waals surface area contributed by atoms with Gasteiger partial charge in [0.05, 0.1) is 12.8 Å². The summed E-state index contributed by atoms with van der Waals surface area (Å²) in [5, 5.41) is 0. The maximum Gasteiger partial charge on any atom is 0.145 e. The van der Waals surface area contributed by atoms with E-state index in [2.05, 4.69) is 4.90 Å². The molecule has 0 fully saturated rings. The lowest BCUT2D eigenvalue weighted by molar-refractivity contribution is 0.261. The third-order valence-electron chi connectivity index (χ3n) is 2.02. The molecule has 0 aromatic heterocycles. The predicted octanol–water partition coefficient (Wildman–Crippen LogP) is 1.22. The van der Waals surface area contributed by atoms with Gasteiger partial charge >= 0.3 is 0 Å². The van der Waals surface area contributed by atoms with Gasteiger partial charge in [0.25, 0.3) is 0 Å². The Morgan fingerprint density at radius 3 is 2.67 bits per heavy atom. The maximum atomic E-state index is 5.77. The van der Waals surface area contributed by atoms with Gasteiger partial charge in [0.2, 0.25) is 0 Å². The zero-order chi connectivity index (χ0) is 11.3. The van der Waals surface area contributed by atoms with Gasteiger partial charge in [0.1, 0.15) is 18.1 Å². The topological polar surface area (TPSA) is 47.7 Å². The van der Waals surface area contributed by atoms with Gasteiger partial charge in [0, 0.05) is 12.6 Å². The normalized spacial score (nSPS) is 10.4. The second-order valence-electron chi connectivity index (χ2n) is 3.56. The summed E-state index contributed by atoms with van der Waals surface area (Å²) in [5.74, 6) is 1.43. The molecule has 1 rings (SSSR count). The maximum absolute atomic E-state index is 5.77. The van der Waals surface area contributed by atoms with Crippen LogP contribution in [0.2, 0.25) is 0 Å². The zero-order valence-corrected chi connectivity index (χ0v) is 9.49. The molecule has 0 atom stereocenters. The van der Waals surface area contributed by atoms with E-state index in [-0.39, 0.29) is 0 Å². The molecule has 0 radical (unpaired) electrons. The van der Waals surface area contributed by atoms with Crippen molar-refractivity contribution in [1.29, 1.82) is 0 Å². The average molecular weight is 210 g/mol. The highest BCUT2D eigenvalue weighted by Crippen LogP contribution is 2.26. The van der Waals surface area contributed by atoms with Crippen LogP contribution in [0, 0.1) is 0 Å². The lowest BCUT2D eigenvalue weighted by atomic mass is 10.3. The average Bonchev–Trinajstić information content (AvgIpc) is 2.20. The molecule has 0 saturated carbocycles. The van der Waals surface area contributed by atoms with Crippen LogP contribution in [0.25, 0.3) is 0 Å². The van der Waals surface area contributed by atoms with Crippen LogP contribution in [0.3, 0.4) is 0 Å². The quantitative estimate of drug-likeness (QED) is 0.742. The molecule has 4 nitrogen and oxygen atoms in total. The first-order chi connectivity index (χ1) is 7.13. The van der Waals surface area contributed by atoms with Crippen LogP contribution in [0.1, 0.15) is 0 Å². The van der Waals surface area contributed by atoms with Crippen LogP contribution in [0.15, 0.2) is 18.2 Å². The van der Waals surface area contributed by atoms with Crippen molar-refractivity contribution in [1.82, 2.24) is 4.90 Å². The molecule has 84 valence electrons. The first-order valence-corrected chi connectivity index (χ1v) is 4.84. The standard InChI is InChI=1S/C11H18N2O2/c1-13(2)6-7-15-11-8-9(14-3)4-5-10(11)12/h4-5,8H,6-7,12H2,1-3H3. The molecule has 0 aliphatic rings. The summed E-state index contributed by atoms with van der Waals surface area (Å²) < 4.78 is 10.6. The van der Waals surface area contributed by atoms with Crippen molar-refractivity contribution in [3.63, 3.8) is 0 Å². The molecular formula is C11H18N2O2. The molecule has 2 N–H and O–H groups in total. The molecule has 4 heteroatoms. The van der Waals surface area contributed by atoms with Crippen molar-refractivity contribution >= 4 is 5.69 Å². The van der Waals surface area contributed by atoms with E-state index in [9.17, 15) is 0 Å². The minimum Gasteiger partial charge on any atom is -0.497 e. The van der Waals surface area contributed by atoms with Crippen molar-refractivity contribution in [2.45, 2.75) is 0 Å². The highest BCUT2D eigenvalue weighted by molar-refractivity contribution is 5.55. The number of likely N-dealkylation sites (N-methyl/N-ethyl adjacent to an activating group) is 1. The van der Waals surface area contributed by atoms with Gasteiger partial charge in [-0.15, -0.1) is 0 Å². The number of nitrogens with two attached hydrogens (primary N) is 1. The van der Waals surface area contributed by atoms with Crippen LogP contribution in [-0.2, 0) is 0 Å². The Bertz CT molecular complexity index is 313. The van der Waals surface area contributed by atoms with Gasteiger partial charge in [0.15, 0.2) is 0 Å². The van der Waals surface area contributed by atoms with E-state index in [1.165, 1.54) is 0 Å². The Balaban J connectivity index is 2.59. The number of nitrogen functional groups attached to an aromatic ring is 1. The van der Waals surface area contributed by atoms with Gasteiger partial charge in [-0.25, -0.2) is 0 Å². The lowest BCUT2D eigenvalue weighted by Gasteiger charge is -2.13. The fourth-order valence-corrected chi connectivity index (χ4v) is 1.10. The fourth-order valence-electron chi connectivity index (χ4n) is 1.10. The summed E-state index contributed by atoms with van der Waals surface area (Å²) >= 11 is 0. The Morgan fingerprint density at radius 2 is 2.07 bits per heavy atom. The zero-order valence-electron chi connectivity index (χ0n) is 9.49. The minimum absolute atomic E-state index is 0.615. The molecule has 0 aliphatic carbocycles. The van der Waals surface area contributed by atoms with Crippen LogP contribution >= 0.6 is 0 Å². The van der Waals surface area contributed by atoms with Crippen LogP contribution in [-0.4, -0.2) is 39.3 Å². The number of hydrogen-bond donors (Lipinski definition) is 1. The first kappa shape index (κ1) is 11.7. The molecule has 0 spiro atoms. The molecule has 0 heterocycles. The molecule has 0 amide bonds. The van der Waals surface area contributed by atoms with E-state index in [0.29, 0.717) is 18.0 Å². The molecule has 0 saturated heterocycles. The summed E-state index contributed by atoms with van der Waals surface area (Å²) in [5.41, 5.74) is 6.40. The second kappa shape index (κ2) is 5.46. The van der Waals surface area contributed by atoms with E-state index >= 15 is 0 Å². The van der Waals surface area contributed by atoms with E-state index in [0.717, 1.165) is 12.3 Å². The Hall–Kier alpha value is -1.42. The molecule has 0 unspecified atom stereocenters. The van der Waals surface area contributed by atoms with Gasteiger partial charge in [-0.3, -0.25) is 0 Å². The second-order valence-corrected chi connectivity index (χ2v) is 3.56. The summed E-state index contributed by atoms with van der Waals surface area (Å²) in [4.78, 5) is 2.05. The Labute approximate surface area is 90.6 Å². The number of anilines is 1. The lowest BCUT2D eigenvalue weighted by Crippen LogP contribution is -2.19. The Morgan fingerprint density at radius 1 is 1.33 bits per heavy atom. The van der Waals surface area contributed by atoms with Crippen LogP contribution in [0.5, 0.6) is 11.5 Å². The fraction of sp³-hybridized carbons (Fsp3) is 0.455. The third kappa shape index (κ3) is 3.67. The number of ether oxygens (including phenoxy) is 2. The SMILES string of the molecule is COc1ccc(N)c(OCCN(C)C)c1. The molecule has 1 aromatic rings. The van der Waals surface area contributed by atoms with Gasteiger partial charge in [-0.05, 0) is 26.2 Å². The van der Waals surface area contributed by atoms with E-state index in [1.54, 1.807) is 19.2 Å². The van der Waals surface area contributed by atoms with Crippen molar-refractivity contribution in [3.8, 4) is 11.5 Å².